The van der Waals surface area contributed by atoms with E-state index in [-0.39, 0.29) is 29.4 Å². The summed E-state index contributed by atoms with van der Waals surface area (Å²) >= 11 is 0. The lowest BCUT2D eigenvalue weighted by Gasteiger charge is -2.19. The number of pyridine rings is 1. The van der Waals surface area contributed by atoms with E-state index in [1.54, 1.807) is 0 Å². The van der Waals surface area contributed by atoms with Crippen LogP contribution in [0.1, 0.15) is 40.2 Å². The number of carboxylic acids is 1. The van der Waals surface area contributed by atoms with Gasteiger partial charge in [-0.15, -0.1) is 0 Å². The van der Waals surface area contributed by atoms with Gasteiger partial charge in [0.1, 0.15) is 11.4 Å². The van der Waals surface area contributed by atoms with Crippen LogP contribution in [0.25, 0.3) is 0 Å². The maximum atomic E-state index is 12.1. The molecule has 2 atom stereocenters. The number of aromatic nitrogens is 1. The Morgan fingerprint density at radius 1 is 1.25 bits per heavy atom. The second-order valence-electron chi connectivity index (χ2n) is 5.25. The Balaban J connectivity index is 1.69. The fourth-order valence-electron chi connectivity index (χ4n) is 2.58. The smallest absolute Gasteiger partial charge is 0.354 e. The highest BCUT2D eigenvalue weighted by Crippen LogP contribution is 2.38. The molecule has 3 rings (SSSR count). The maximum absolute atomic E-state index is 12.1. The van der Waals surface area contributed by atoms with E-state index < -0.39 is 5.97 Å². The lowest BCUT2D eigenvalue weighted by Crippen LogP contribution is -2.41. The molecule has 1 aromatic rings. The van der Waals surface area contributed by atoms with Gasteiger partial charge in [-0.3, -0.25) is 4.79 Å². The Kier molecular flexibility index (Phi) is 3.40. The Hall–Kier alpha value is -1.95. The summed E-state index contributed by atoms with van der Waals surface area (Å²) in [6.45, 7) is 0.661. The Morgan fingerprint density at radius 2 is 2.00 bits per heavy atom. The molecule has 0 spiro atoms. The number of amides is 1. The van der Waals surface area contributed by atoms with E-state index >= 15 is 0 Å². The minimum absolute atomic E-state index is 0.00489. The molecular weight excluding hydrogens is 260 g/mol. The van der Waals surface area contributed by atoms with Gasteiger partial charge in [0, 0.05) is 6.61 Å². The molecule has 1 aromatic heterocycles. The number of ether oxygens (including phenoxy) is 1. The number of carbonyl (C=O) groups is 2. The van der Waals surface area contributed by atoms with Crippen LogP contribution in [0.15, 0.2) is 18.2 Å². The molecule has 2 N–H and O–H groups in total. The summed E-state index contributed by atoms with van der Waals surface area (Å²) in [5.41, 5.74) is 0.00501. The molecule has 0 radical (unpaired) electrons. The monoisotopic (exact) mass is 276 g/mol. The number of hydrogen-bond acceptors (Lipinski definition) is 4. The van der Waals surface area contributed by atoms with Crippen molar-refractivity contribution >= 4 is 11.9 Å². The second-order valence-corrected chi connectivity index (χ2v) is 5.25. The van der Waals surface area contributed by atoms with Crippen LogP contribution in [-0.2, 0) is 4.74 Å². The molecule has 0 aromatic carbocycles. The van der Waals surface area contributed by atoms with Crippen molar-refractivity contribution in [2.45, 2.75) is 31.4 Å². The zero-order valence-corrected chi connectivity index (χ0v) is 10.9. The molecule has 2 fully saturated rings. The second kappa shape index (κ2) is 5.20. The molecule has 20 heavy (non-hydrogen) atoms. The van der Waals surface area contributed by atoms with Crippen molar-refractivity contribution in [3.63, 3.8) is 0 Å². The van der Waals surface area contributed by atoms with Crippen molar-refractivity contribution in [3.8, 4) is 0 Å². The molecule has 1 aliphatic carbocycles. The number of hydrogen-bond donors (Lipinski definition) is 2. The third-order valence-corrected chi connectivity index (χ3v) is 3.74. The molecule has 1 amide bonds. The van der Waals surface area contributed by atoms with Crippen molar-refractivity contribution in [2.24, 2.45) is 5.92 Å². The summed E-state index contributed by atoms with van der Waals surface area (Å²) in [4.78, 5) is 26.8. The van der Waals surface area contributed by atoms with Crippen molar-refractivity contribution in [3.05, 3.63) is 29.6 Å². The third kappa shape index (κ3) is 2.65. The van der Waals surface area contributed by atoms with E-state index in [0.717, 1.165) is 19.3 Å². The third-order valence-electron chi connectivity index (χ3n) is 3.74. The molecule has 106 valence electrons. The van der Waals surface area contributed by atoms with E-state index in [0.29, 0.717) is 12.5 Å². The summed E-state index contributed by atoms with van der Waals surface area (Å²) in [6.07, 6.45) is 3.21. The van der Waals surface area contributed by atoms with Crippen molar-refractivity contribution in [1.29, 1.82) is 0 Å². The van der Waals surface area contributed by atoms with Gasteiger partial charge >= 0.3 is 5.97 Å². The number of nitrogens with one attached hydrogen (secondary N) is 1. The van der Waals surface area contributed by atoms with Crippen LogP contribution in [0.4, 0.5) is 0 Å². The SMILES string of the molecule is O=C(O)c1cccc(C(=O)NC2CCOC2C2CC2)n1. The van der Waals surface area contributed by atoms with Gasteiger partial charge in [0.05, 0.1) is 12.1 Å². The minimum atomic E-state index is -1.14. The van der Waals surface area contributed by atoms with Gasteiger partial charge in [0.2, 0.25) is 0 Å². The average molecular weight is 276 g/mol. The minimum Gasteiger partial charge on any atom is -0.477 e. The molecule has 6 heteroatoms. The Morgan fingerprint density at radius 3 is 2.70 bits per heavy atom. The Bertz CT molecular complexity index is 542. The van der Waals surface area contributed by atoms with Crippen LogP contribution >= 0.6 is 0 Å². The first-order chi connectivity index (χ1) is 9.65. The largest absolute Gasteiger partial charge is 0.477 e. The average Bonchev–Trinajstić information content (AvgIpc) is 3.19. The first-order valence-corrected chi connectivity index (χ1v) is 6.78. The number of carboxylic acid groups (broad SMARTS) is 1. The molecular formula is C14H16N2O4. The quantitative estimate of drug-likeness (QED) is 0.859. The van der Waals surface area contributed by atoms with Gasteiger partial charge in [-0.05, 0) is 37.3 Å². The lowest BCUT2D eigenvalue weighted by molar-refractivity contribution is 0.0689. The standard InChI is InChI=1S/C14H16N2O4/c17-13(10-2-1-3-11(15-10)14(18)19)16-9-6-7-20-12(9)8-4-5-8/h1-3,8-9,12H,4-7H2,(H,16,17)(H,18,19). The zero-order chi connectivity index (χ0) is 14.1. The molecule has 2 heterocycles. The van der Waals surface area contributed by atoms with E-state index in [1.807, 2.05) is 0 Å². The van der Waals surface area contributed by atoms with E-state index in [1.165, 1.54) is 18.2 Å². The van der Waals surface area contributed by atoms with Gasteiger partial charge in [0.25, 0.3) is 5.91 Å². The zero-order valence-electron chi connectivity index (χ0n) is 10.9. The van der Waals surface area contributed by atoms with E-state index in [4.69, 9.17) is 9.84 Å². The van der Waals surface area contributed by atoms with Gasteiger partial charge in [-0.1, -0.05) is 6.07 Å². The summed E-state index contributed by atoms with van der Waals surface area (Å²) < 4.78 is 5.66. The summed E-state index contributed by atoms with van der Waals surface area (Å²) in [7, 11) is 0. The Labute approximate surface area is 116 Å². The lowest BCUT2D eigenvalue weighted by atomic mass is 10.1. The van der Waals surface area contributed by atoms with Crippen LogP contribution in [0.5, 0.6) is 0 Å². The van der Waals surface area contributed by atoms with Gasteiger partial charge < -0.3 is 15.2 Å². The predicted molar refractivity (Wildman–Crippen MR) is 69.5 cm³/mol. The van der Waals surface area contributed by atoms with Gasteiger partial charge in [0.15, 0.2) is 0 Å². The van der Waals surface area contributed by atoms with Crippen molar-refractivity contribution < 1.29 is 19.4 Å². The van der Waals surface area contributed by atoms with Crippen LogP contribution in [0.3, 0.4) is 0 Å². The van der Waals surface area contributed by atoms with E-state index in [2.05, 4.69) is 10.3 Å². The number of nitrogens with zero attached hydrogens (tertiary/aromatic N) is 1. The van der Waals surface area contributed by atoms with Gasteiger partial charge in [-0.25, -0.2) is 9.78 Å². The van der Waals surface area contributed by atoms with E-state index in [9.17, 15) is 9.59 Å². The topological polar surface area (TPSA) is 88.5 Å². The van der Waals surface area contributed by atoms with Crippen LogP contribution < -0.4 is 5.32 Å². The van der Waals surface area contributed by atoms with Crippen LogP contribution in [0, 0.1) is 5.92 Å². The summed E-state index contributed by atoms with van der Waals surface area (Å²) in [5, 5.41) is 11.8. The highest BCUT2D eigenvalue weighted by molar-refractivity contribution is 5.94. The van der Waals surface area contributed by atoms with Crippen molar-refractivity contribution in [1.82, 2.24) is 10.3 Å². The first-order valence-electron chi connectivity index (χ1n) is 6.78. The predicted octanol–water partition coefficient (Wildman–Crippen LogP) is 1.08. The van der Waals surface area contributed by atoms with Crippen molar-refractivity contribution in [2.75, 3.05) is 6.61 Å². The maximum Gasteiger partial charge on any atom is 0.354 e. The number of aromatic carboxylic acids is 1. The fraction of sp³-hybridized carbons (Fsp3) is 0.500. The molecule has 6 nitrogen and oxygen atoms in total. The summed E-state index contributed by atoms with van der Waals surface area (Å²) in [5.74, 6) is -0.921. The molecule has 1 saturated carbocycles. The molecule has 0 bridgehead atoms. The highest BCUT2D eigenvalue weighted by atomic mass is 16.5. The van der Waals surface area contributed by atoms with Crippen LogP contribution in [0.2, 0.25) is 0 Å². The number of rotatable bonds is 4. The first kappa shape index (κ1) is 13.1. The normalized spacial score (nSPS) is 25.4. The van der Waals surface area contributed by atoms with Gasteiger partial charge in [-0.2, -0.15) is 0 Å². The molecule has 1 saturated heterocycles. The number of carbonyl (C=O) groups excluding carboxylic acids is 1. The van der Waals surface area contributed by atoms with Crippen LogP contribution in [-0.4, -0.2) is 40.7 Å². The highest BCUT2D eigenvalue weighted by Gasteiger charge is 2.41. The molecule has 2 unspecified atom stereocenters. The fourth-order valence-corrected chi connectivity index (χ4v) is 2.58. The summed E-state index contributed by atoms with van der Waals surface area (Å²) in [6, 6.07) is 4.41. The molecule has 2 aliphatic rings. The molecule has 1 aliphatic heterocycles.